The number of rotatable bonds is 3. The Morgan fingerprint density at radius 1 is 1.21 bits per heavy atom. The first-order valence-electron chi connectivity index (χ1n) is 11.6. The third kappa shape index (κ3) is 4.58. The van der Waals surface area contributed by atoms with Crippen LogP contribution in [0.2, 0.25) is 0 Å². The number of carbonyl (C=O) groups excluding carboxylic acids is 2. The Morgan fingerprint density at radius 3 is 2.47 bits per heavy atom. The number of benzene rings is 1. The molecule has 0 radical (unpaired) electrons. The number of halogens is 3. The Hall–Kier alpha value is -2.80. The summed E-state index contributed by atoms with van der Waals surface area (Å²) in [5, 5.41) is 11.8. The van der Waals surface area contributed by atoms with Crippen LogP contribution < -0.4 is 10.2 Å². The van der Waals surface area contributed by atoms with Crippen LogP contribution in [-0.2, 0) is 20.5 Å². The van der Waals surface area contributed by atoms with Crippen LogP contribution in [0, 0.1) is 28.6 Å². The standard InChI is InChI=1S/C24H29F3N4O3/c1-29-21(32)20-14-31(18-3-2-17(13-28)19(12-18)24(25,26)27)15-23(20)6-8-30(9-7-23)22(33)16-4-10-34-11-5-16/h2-3,12,16,20H,4-11,14-15H2,1H3,(H,29,32). The average molecular weight is 479 g/mol. The minimum atomic E-state index is -4.64. The van der Waals surface area contributed by atoms with Gasteiger partial charge in [-0.05, 0) is 43.9 Å². The topological polar surface area (TPSA) is 85.7 Å². The Balaban J connectivity index is 1.54. The van der Waals surface area contributed by atoms with Crippen molar-refractivity contribution in [3.8, 4) is 6.07 Å². The van der Waals surface area contributed by atoms with Gasteiger partial charge in [0.25, 0.3) is 0 Å². The number of hydrogen-bond acceptors (Lipinski definition) is 5. The number of piperidine rings is 1. The Labute approximate surface area is 196 Å². The summed E-state index contributed by atoms with van der Waals surface area (Å²) in [6, 6.07) is 5.31. The van der Waals surface area contributed by atoms with E-state index in [4.69, 9.17) is 10.00 Å². The summed E-state index contributed by atoms with van der Waals surface area (Å²) in [5.74, 6) is -0.442. The van der Waals surface area contributed by atoms with Crippen molar-refractivity contribution in [2.75, 3.05) is 51.3 Å². The number of likely N-dealkylation sites (tertiary alicyclic amines) is 1. The van der Waals surface area contributed by atoms with E-state index < -0.39 is 28.6 Å². The van der Waals surface area contributed by atoms with Crippen molar-refractivity contribution in [3.05, 3.63) is 29.3 Å². The van der Waals surface area contributed by atoms with Crippen molar-refractivity contribution in [1.29, 1.82) is 5.26 Å². The fourth-order valence-corrected chi connectivity index (χ4v) is 5.64. The molecule has 0 aromatic heterocycles. The van der Waals surface area contributed by atoms with E-state index in [0.717, 1.165) is 18.9 Å². The number of anilines is 1. The molecule has 1 atom stereocenters. The quantitative estimate of drug-likeness (QED) is 0.722. The number of carbonyl (C=O) groups is 2. The molecule has 10 heteroatoms. The van der Waals surface area contributed by atoms with Crippen molar-refractivity contribution in [2.45, 2.75) is 31.9 Å². The monoisotopic (exact) mass is 478 g/mol. The van der Waals surface area contributed by atoms with Crippen LogP contribution in [0.25, 0.3) is 0 Å². The SMILES string of the molecule is CNC(=O)C1CN(c2ccc(C#N)c(C(F)(F)F)c2)CC12CCN(C(=O)C1CCOCC1)CC2. The zero-order chi connectivity index (χ0) is 24.5. The summed E-state index contributed by atoms with van der Waals surface area (Å²) >= 11 is 0. The summed E-state index contributed by atoms with van der Waals surface area (Å²) in [5.41, 5.74) is -1.48. The van der Waals surface area contributed by atoms with Crippen LogP contribution in [-0.4, -0.2) is 63.2 Å². The molecule has 7 nitrogen and oxygen atoms in total. The van der Waals surface area contributed by atoms with Gasteiger partial charge in [-0.3, -0.25) is 9.59 Å². The van der Waals surface area contributed by atoms with Crippen molar-refractivity contribution in [1.82, 2.24) is 10.2 Å². The van der Waals surface area contributed by atoms with Crippen molar-refractivity contribution >= 4 is 17.5 Å². The lowest BCUT2D eigenvalue weighted by atomic mass is 9.70. The molecular weight excluding hydrogens is 449 g/mol. The first-order valence-corrected chi connectivity index (χ1v) is 11.6. The first-order chi connectivity index (χ1) is 16.2. The van der Waals surface area contributed by atoms with Gasteiger partial charge in [0.05, 0.1) is 23.1 Å². The summed E-state index contributed by atoms with van der Waals surface area (Å²) < 4.78 is 45.9. The second-order valence-electron chi connectivity index (χ2n) is 9.46. The van der Waals surface area contributed by atoms with Crippen LogP contribution in [0.4, 0.5) is 18.9 Å². The second kappa shape index (κ2) is 9.45. The molecule has 4 rings (SSSR count). The van der Waals surface area contributed by atoms with E-state index in [1.165, 1.54) is 12.1 Å². The molecule has 1 unspecified atom stereocenters. The molecule has 2 amide bonds. The van der Waals surface area contributed by atoms with E-state index >= 15 is 0 Å². The third-order valence-corrected chi connectivity index (χ3v) is 7.65. The molecule has 1 aromatic rings. The fourth-order valence-electron chi connectivity index (χ4n) is 5.64. The number of hydrogen-bond donors (Lipinski definition) is 1. The van der Waals surface area contributed by atoms with Crippen LogP contribution in [0.3, 0.4) is 0 Å². The zero-order valence-corrected chi connectivity index (χ0v) is 19.2. The van der Waals surface area contributed by atoms with Gasteiger partial charge in [0, 0.05) is 63.5 Å². The largest absolute Gasteiger partial charge is 0.417 e. The molecule has 1 aromatic carbocycles. The van der Waals surface area contributed by atoms with E-state index in [9.17, 15) is 22.8 Å². The lowest BCUT2D eigenvalue weighted by molar-refractivity contribution is -0.142. The number of nitrogens with one attached hydrogen (secondary N) is 1. The lowest BCUT2D eigenvalue weighted by Crippen LogP contribution is -2.50. The first kappa shape index (κ1) is 24.3. The number of amides is 2. The highest BCUT2D eigenvalue weighted by Gasteiger charge is 2.52. The highest BCUT2D eigenvalue weighted by Crippen LogP contribution is 2.47. The number of ether oxygens (including phenoxy) is 1. The zero-order valence-electron chi connectivity index (χ0n) is 19.2. The van der Waals surface area contributed by atoms with Crippen molar-refractivity contribution in [3.63, 3.8) is 0 Å². The Kier molecular flexibility index (Phi) is 6.76. The molecule has 0 aliphatic carbocycles. The molecule has 0 bridgehead atoms. The van der Waals surface area contributed by atoms with Gasteiger partial charge >= 0.3 is 6.18 Å². The molecule has 3 saturated heterocycles. The molecule has 1 N–H and O–H groups in total. The number of nitriles is 1. The lowest BCUT2D eigenvalue weighted by Gasteiger charge is -2.43. The van der Waals surface area contributed by atoms with E-state index in [1.54, 1.807) is 13.1 Å². The van der Waals surface area contributed by atoms with Gasteiger partial charge in [0.1, 0.15) is 0 Å². The van der Waals surface area contributed by atoms with Gasteiger partial charge in [-0.1, -0.05) is 0 Å². The summed E-state index contributed by atoms with van der Waals surface area (Å²) in [4.78, 5) is 29.4. The summed E-state index contributed by atoms with van der Waals surface area (Å²) in [7, 11) is 1.56. The smallest absolute Gasteiger partial charge is 0.381 e. The van der Waals surface area contributed by atoms with Gasteiger partial charge < -0.3 is 19.9 Å². The molecule has 3 fully saturated rings. The molecule has 34 heavy (non-hydrogen) atoms. The minimum Gasteiger partial charge on any atom is -0.381 e. The van der Waals surface area contributed by atoms with E-state index in [-0.39, 0.29) is 24.3 Å². The predicted molar refractivity (Wildman–Crippen MR) is 118 cm³/mol. The third-order valence-electron chi connectivity index (χ3n) is 7.65. The van der Waals surface area contributed by atoms with Gasteiger partial charge in [-0.2, -0.15) is 18.4 Å². The maximum atomic E-state index is 13.5. The molecule has 184 valence electrons. The molecule has 3 heterocycles. The molecule has 3 aliphatic heterocycles. The van der Waals surface area contributed by atoms with E-state index in [1.807, 2.05) is 9.80 Å². The molecular formula is C24H29F3N4O3. The van der Waals surface area contributed by atoms with Gasteiger partial charge in [0.2, 0.25) is 11.8 Å². The molecule has 3 aliphatic rings. The number of nitrogens with zero attached hydrogens (tertiary/aromatic N) is 3. The van der Waals surface area contributed by atoms with Crippen molar-refractivity contribution in [2.24, 2.45) is 17.3 Å². The summed E-state index contributed by atoms with van der Waals surface area (Å²) in [6.45, 7) is 2.94. The van der Waals surface area contributed by atoms with Gasteiger partial charge in [-0.15, -0.1) is 0 Å². The van der Waals surface area contributed by atoms with Crippen LogP contribution in [0.1, 0.15) is 36.8 Å². The fraction of sp³-hybridized carbons (Fsp3) is 0.625. The Bertz CT molecular complexity index is 977. The van der Waals surface area contributed by atoms with Crippen molar-refractivity contribution < 1.29 is 27.5 Å². The molecule has 1 spiro atoms. The van der Waals surface area contributed by atoms with Gasteiger partial charge in [0.15, 0.2) is 0 Å². The minimum absolute atomic E-state index is 0.0305. The predicted octanol–water partition coefficient (Wildman–Crippen LogP) is 2.79. The maximum absolute atomic E-state index is 13.5. The highest BCUT2D eigenvalue weighted by molar-refractivity contribution is 5.82. The van der Waals surface area contributed by atoms with Crippen LogP contribution in [0.5, 0.6) is 0 Å². The number of alkyl halides is 3. The highest BCUT2D eigenvalue weighted by atomic mass is 19.4. The Morgan fingerprint density at radius 2 is 1.88 bits per heavy atom. The summed E-state index contributed by atoms with van der Waals surface area (Å²) in [6.07, 6.45) is -1.99. The van der Waals surface area contributed by atoms with E-state index in [2.05, 4.69) is 5.32 Å². The maximum Gasteiger partial charge on any atom is 0.417 e. The average Bonchev–Trinajstić information content (AvgIpc) is 3.22. The molecule has 0 saturated carbocycles. The second-order valence-corrected chi connectivity index (χ2v) is 9.46. The van der Waals surface area contributed by atoms with Gasteiger partial charge in [-0.25, -0.2) is 0 Å². The van der Waals surface area contributed by atoms with E-state index in [0.29, 0.717) is 51.4 Å². The normalized spacial score (nSPS) is 23.1. The van der Waals surface area contributed by atoms with Crippen LogP contribution >= 0.6 is 0 Å². The van der Waals surface area contributed by atoms with Crippen LogP contribution in [0.15, 0.2) is 18.2 Å².